The first-order chi connectivity index (χ1) is 8.33. The number of ether oxygens (including phenoxy) is 1. The Morgan fingerprint density at radius 2 is 2.06 bits per heavy atom. The van der Waals surface area contributed by atoms with Gasteiger partial charge in [0.05, 0.1) is 11.7 Å². The van der Waals surface area contributed by atoms with Crippen LogP contribution in [0.15, 0.2) is 0 Å². The average Bonchev–Trinajstić information content (AvgIpc) is 3.12. The lowest BCUT2D eigenvalue weighted by Crippen LogP contribution is -2.52. The van der Waals surface area contributed by atoms with Crippen LogP contribution < -0.4 is 0 Å². The molecule has 2 aliphatic carbocycles. The van der Waals surface area contributed by atoms with E-state index < -0.39 is 0 Å². The van der Waals surface area contributed by atoms with Crippen LogP contribution >= 0.6 is 0 Å². The molecule has 0 aromatic heterocycles. The van der Waals surface area contributed by atoms with Gasteiger partial charge in [0.15, 0.2) is 0 Å². The topological polar surface area (TPSA) is 36.3 Å². The zero-order valence-corrected chi connectivity index (χ0v) is 10.5. The van der Waals surface area contributed by atoms with Gasteiger partial charge in [-0.15, -0.1) is 0 Å². The number of hydrogen-bond acceptors (Lipinski definition) is 3. The van der Waals surface area contributed by atoms with Gasteiger partial charge in [0.25, 0.3) is 0 Å². The van der Waals surface area contributed by atoms with Crippen molar-refractivity contribution >= 4 is 0 Å². The SMILES string of the molecule is N#CCCN(C1CC1)C1CCOC2(CCC2)C1. The van der Waals surface area contributed by atoms with E-state index >= 15 is 0 Å². The van der Waals surface area contributed by atoms with Crippen molar-refractivity contribution in [1.82, 2.24) is 4.90 Å². The summed E-state index contributed by atoms with van der Waals surface area (Å²) in [6.07, 6.45) is 9.62. The molecule has 3 aliphatic rings. The third-order valence-corrected chi connectivity index (χ3v) is 4.70. The van der Waals surface area contributed by atoms with E-state index in [0.717, 1.165) is 19.2 Å². The van der Waals surface area contributed by atoms with Crippen LogP contribution in [0.3, 0.4) is 0 Å². The maximum absolute atomic E-state index is 8.77. The van der Waals surface area contributed by atoms with Gasteiger partial charge in [-0.3, -0.25) is 4.90 Å². The molecule has 0 aromatic rings. The second-order valence-corrected chi connectivity index (χ2v) is 5.91. The van der Waals surface area contributed by atoms with Gasteiger partial charge >= 0.3 is 0 Å². The van der Waals surface area contributed by atoms with Gasteiger partial charge in [-0.2, -0.15) is 5.26 Å². The lowest BCUT2D eigenvalue weighted by molar-refractivity contribution is -0.149. The molecule has 3 rings (SSSR count). The van der Waals surface area contributed by atoms with Crippen LogP contribution in [-0.4, -0.2) is 35.7 Å². The fraction of sp³-hybridized carbons (Fsp3) is 0.929. The molecular weight excluding hydrogens is 212 g/mol. The molecule has 1 unspecified atom stereocenters. The zero-order valence-electron chi connectivity index (χ0n) is 10.5. The van der Waals surface area contributed by atoms with Gasteiger partial charge in [-0.25, -0.2) is 0 Å². The molecule has 1 atom stereocenters. The van der Waals surface area contributed by atoms with Gasteiger partial charge in [-0.1, -0.05) is 0 Å². The summed E-state index contributed by atoms with van der Waals surface area (Å²) in [6, 6.07) is 3.76. The molecular formula is C14H22N2O. The molecule has 0 aromatic carbocycles. The van der Waals surface area contributed by atoms with Crippen molar-refractivity contribution in [3.63, 3.8) is 0 Å². The molecule has 0 N–H and O–H groups in total. The predicted octanol–water partition coefficient (Wildman–Crippen LogP) is 2.47. The molecule has 3 nitrogen and oxygen atoms in total. The summed E-state index contributed by atoms with van der Waals surface area (Å²) in [7, 11) is 0. The Kier molecular flexibility index (Phi) is 3.10. The van der Waals surface area contributed by atoms with Crippen LogP contribution in [-0.2, 0) is 4.74 Å². The largest absolute Gasteiger partial charge is 0.375 e. The molecule has 1 spiro atoms. The first-order valence-corrected chi connectivity index (χ1v) is 7.10. The Morgan fingerprint density at radius 1 is 1.24 bits per heavy atom. The molecule has 0 bridgehead atoms. The minimum absolute atomic E-state index is 0.239. The molecule has 2 saturated carbocycles. The summed E-state index contributed by atoms with van der Waals surface area (Å²) in [5.41, 5.74) is 0.239. The van der Waals surface area contributed by atoms with E-state index in [0.29, 0.717) is 12.5 Å². The second kappa shape index (κ2) is 4.59. The third-order valence-electron chi connectivity index (χ3n) is 4.70. The average molecular weight is 234 g/mol. The van der Waals surface area contributed by atoms with Crippen LogP contribution in [0.1, 0.15) is 51.4 Å². The first kappa shape index (κ1) is 11.5. The van der Waals surface area contributed by atoms with E-state index in [2.05, 4.69) is 11.0 Å². The van der Waals surface area contributed by atoms with Crippen LogP contribution in [0, 0.1) is 11.3 Å². The summed E-state index contributed by atoms with van der Waals surface area (Å²) >= 11 is 0. The lowest BCUT2D eigenvalue weighted by atomic mass is 9.73. The van der Waals surface area contributed by atoms with Gasteiger partial charge in [0.2, 0.25) is 0 Å². The fourth-order valence-electron chi connectivity index (χ4n) is 3.45. The zero-order chi connectivity index (χ0) is 11.7. The number of nitrogens with zero attached hydrogens (tertiary/aromatic N) is 2. The van der Waals surface area contributed by atoms with Gasteiger partial charge in [0, 0.05) is 31.7 Å². The predicted molar refractivity (Wildman–Crippen MR) is 65.5 cm³/mol. The molecule has 17 heavy (non-hydrogen) atoms. The van der Waals surface area contributed by atoms with E-state index in [9.17, 15) is 0 Å². The second-order valence-electron chi connectivity index (χ2n) is 5.91. The van der Waals surface area contributed by atoms with Crippen molar-refractivity contribution in [3.05, 3.63) is 0 Å². The van der Waals surface area contributed by atoms with Crippen molar-refractivity contribution in [3.8, 4) is 6.07 Å². The smallest absolute Gasteiger partial charge is 0.0697 e. The van der Waals surface area contributed by atoms with Gasteiger partial charge in [-0.05, 0) is 44.9 Å². The van der Waals surface area contributed by atoms with Gasteiger partial charge < -0.3 is 4.74 Å². The summed E-state index contributed by atoms with van der Waals surface area (Å²) in [4.78, 5) is 2.62. The Labute approximate surface area is 104 Å². The van der Waals surface area contributed by atoms with Crippen LogP contribution in [0.5, 0.6) is 0 Å². The number of hydrogen-bond donors (Lipinski definition) is 0. The molecule has 0 amide bonds. The Hall–Kier alpha value is -0.590. The maximum atomic E-state index is 8.77. The summed E-state index contributed by atoms with van der Waals surface area (Å²) in [5.74, 6) is 0. The summed E-state index contributed by atoms with van der Waals surface area (Å²) in [5, 5.41) is 8.77. The molecule has 1 aliphatic heterocycles. The molecule has 0 radical (unpaired) electrons. The number of nitriles is 1. The molecule has 1 heterocycles. The quantitative estimate of drug-likeness (QED) is 0.749. The molecule has 3 fully saturated rings. The normalized spacial score (nSPS) is 31.2. The fourth-order valence-corrected chi connectivity index (χ4v) is 3.45. The van der Waals surface area contributed by atoms with Crippen LogP contribution in [0.2, 0.25) is 0 Å². The van der Waals surface area contributed by atoms with Crippen LogP contribution in [0.25, 0.3) is 0 Å². The Morgan fingerprint density at radius 3 is 2.65 bits per heavy atom. The highest BCUT2D eigenvalue weighted by atomic mass is 16.5. The molecule has 94 valence electrons. The highest BCUT2D eigenvalue weighted by Gasteiger charge is 2.45. The molecule has 3 heteroatoms. The van der Waals surface area contributed by atoms with E-state index in [1.54, 1.807) is 0 Å². The van der Waals surface area contributed by atoms with Crippen molar-refractivity contribution in [2.75, 3.05) is 13.2 Å². The third kappa shape index (κ3) is 2.34. The van der Waals surface area contributed by atoms with Crippen molar-refractivity contribution < 1.29 is 4.74 Å². The minimum atomic E-state index is 0.239. The highest BCUT2D eigenvalue weighted by Crippen LogP contribution is 2.44. The van der Waals surface area contributed by atoms with E-state index in [-0.39, 0.29) is 5.60 Å². The van der Waals surface area contributed by atoms with Crippen LogP contribution in [0.4, 0.5) is 0 Å². The van der Waals surface area contributed by atoms with E-state index in [1.807, 2.05) is 0 Å². The first-order valence-electron chi connectivity index (χ1n) is 7.10. The van der Waals surface area contributed by atoms with E-state index in [1.165, 1.54) is 44.9 Å². The summed E-state index contributed by atoms with van der Waals surface area (Å²) in [6.45, 7) is 1.91. The Balaban J connectivity index is 1.62. The standard InChI is InChI=1S/C14H22N2O/c15-8-2-9-16(12-3-4-12)13-5-10-17-14(11-13)6-1-7-14/h12-13H,1-7,9-11H2. The van der Waals surface area contributed by atoms with Crippen molar-refractivity contribution in [1.29, 1.82) is 5.26 Å². The molecule has 1 saturated heterocycles. The minimum Gasteiger partial charge on any atom is -0.375 e. The monoisotopic (exact) mass is 234 g/mol. The van der Waals surface area contributed by atoms with Crippen molar-refractivity contribution in [2.45, 2.75) is 69.1 Å². The summed E-state index contributed by atoms with van der Waals surface area (Å²) < 4.78 is 5.99. The Bertz CT molecular complexity index is 315. The van der Waals surface area contributed by atoms with E-state index in [4.69, 9.17) is 10.00 Å². The highest BCUT2D eigenvalue weighted by molar-refractivity contribution is 4.99. The van der Waals surface area contributed by atoms with Gasteiger partial charge in [0.1, 0.15) is 0 Å². The maximum Gasteiger partial charge on any atom is 0.0697 e. The van der Waals surface area contributed by atoms with Crippen molar-refractivity contribution in [2.24, 2.45) is 0 Å². The number of rotatable bonds is 4. The lowest BCUT2D eigenvalue weighted by Gasteiger charge is -2.49.